The summed E-state index contributed by atoms with van der Waals surface area (Å²) in [5, 5.41) is 0. The minimum Gasteiger partial charge on any atom is -0.272 e. The monoisotopic (exact) mass is 341 g/mol. The van der Waals surface area contributed by atoms with Gasteiger partial charge in [-0.3, -0.25) is 4.99 Å². The van der Waals surface area contributed by atoms with Gasteiger partial charge >= 0.3 is 0 Å². The van der Waals surface area contributed by atoms with E-state index in [4.69, 9.17) is 0 Å². The third-order valence-electron chi connectivity index (χ3n) is 2.10. The first-order valence-electron chi connectivity index (χ1n) is 8.21. The van der Waals surface area contributed by atoms with Crippen molar-refractivity contribution in [1.82, 2.24) is 0 Å². The first kappa shape index (κ1) is 27.3. The van der Waals surface area contributed by atoms with Crippen molar-refractivity contribution >= 4 is 19.3 Å². The van der Waals surface area contributed by atoms with Gasteiger partial charge in [0, 0.05) is 11.8 Å². The van der Waals surface area contributed by atoms with Gasteiger partial charge in [0.1, 0.15) is 0 Å². The Morgan fingerprint density at radius 2 is 1.48 bits per heavy atom. The van der Waals surface area contributed by atoms with E-state index in [2.05, 4.69) is 62.0 Å². The number of hydrogen-bond acceptors (Lipinski definition) is 2. The molecule has 0 unspecified atom stereocenters. The Labute approximate surface area is 155 Å². The first-order chi connectivity index (χ1) is 11.8. The normalized spacial score (nSPS) is 10.9. The quantitative estimate of drug-likeness (QED) is 0.218. The second kappa shape index (κ2) is 19.5. The van der Waals surface area contributed by atoms with Crippen molar-refractivity contribution in [2.75, 3.05) is 0 Å². The standard InChI is InChI=1S/C16H21N3.C3H8.C3H6/c1-8-14(11-17-6)16(18-7)19-15(13(4)5)10-9-12(2)3;2*1-3-2/h8-11H,1,4,6-7H2,2-3,5H3;3H2,1-2H3;3H,1H2,2H3/b14-11+,15-10+,19-16-;;. The van der Waals surface area contributed by atoms with Crippen molar-refractivity contribution in [3.05, 3.63) is 72.7 Å². The molecule has 0 bridgehead atoms. The lowest BCUT2D eigenvalue weighted by molar-refractivity contribution is 1.09. The Morgan fingerprint density at radius 1 is 1.00 bits per heavy atom. The molecule has 25 heavy (non-hydrogen) atoms. The van der Waals surface area contributed by atoms with E-state index in [9.17, 15) is 0 Å². The molecule has 3 heteroatoms. The highest BCUT2D eigenvalue weighted by atomic mass is 14.9. The fourth-order valence-corrected chi connectivity index (χ4v) is 1.13. The summed E-state index contributed by atoms with van der Waals surface area (Å²) in [6.07, 6.45) is 10.0. The highest BCUT2D eigenvalue weighted by molar-refractivity contribution is 6.03. The van der Waals surface area contributed by atoms with Crippen LogP contribution < -0.4 is 0 Å². The average Bonchev–Trinajstić information content (AvgIpc) is 2.54. The summed E-state index contributed by atoms with van der Waals surface area (Å²) >= 11 is 0. The van der Waals surface area contributed by atoms with Gasteiger partial charge in [0.15, 0.2) is 5.84 Å². The van der Waals surface area contributed by atoms with Gasteiger partial charge in [0.05, 0.1) is 5.70 Å². The predicted octanol–water partition coefficient (Wildman–Crippen LogP) is 6.89. The molecular formula is C22H35N3. The zero-order valence-electron chi connectivity index (χ0n) is 17.0. The summed E-state index contributed by atoms with van der Waals surface area (Å²) in [6.45, 7) is 29.9. The van der Waals surface area contributed by atoms with Crippen molar-refractivity contribution in [2.45, 2.75) is 48.0 Å². The van der Waals surface area contributed by atoms with E-state index >= 15 is 0 Å². The van der Waals surface area contributed by atoms with E-state index in [1.54, 1.807) is 12.2 Å². The largest absolute Gasteiger partial charge is 0.272 e. The van der Waals surface area contributed by atoms with E-state index < -0.39 is 0 Å². The predicted molar refractivity (Wildman–Crippen MR) is 119 cm³/mol. The van der Waals surface area contributed by atoms with Crippen molar-refractivity contribution in [2.24, 2.45) is 15.0 Å². The first-order valence-corrected chi connectivity index (χ1v) is 8.21. The zero-order chi connectivity index (χ0) is 20.3. The highest BCUT2D eigenvalue weighted by Gasteiger charge is 2.03. The molecule has 0 rings (SSSR count). The zero-order valence-corrected chi connectivity index (χ0v) is 17.0. The third kappa shape index (κ3) is 17.6. The lowest BCUT2D eigenvalue weighted by atomic mass is 10.2. The lowest BCUT2D eigenvalue weighted by Crippen LogP contribution is -1.98. The Balaban J connectivity index is -0.000000700. The molecule has 3 nitrogen and oxygen atoms in total. The molecular weight excluding hydrogens is 306 g/mol. The maximum absolute atomic E-state index is 4.43. The number of amidine groups is 1. The summed E-state index contributed by atoms with van der Waals surface area (Å²) in [5.41, 5.74) is 3.41. The molecule has 0 N–H and O–H groups in total. The smallest absolute Gasteiger partial charge is 0.160 e. The molecule has 0 aliphatic heterocycles. The Hall–Kier alpha value is -2.55. The van der Waals surface area contributed by atoms with Crippen molar-refractivity contribution in [1.29, 1.82) is 0 Å². The molecule has 0 saturated heterocycles. The van der Waals surface area contributed by atoms with Crippen LogP contribution in [0.1, 0.15) is 48.0 Å². The molecule has 138 valence electrons. The summed E-state index contributed by atoms with van der Waals surface area (Å²) in [5.74, 6) is 0.443. The molecule has 0 fully saturated rings. The maximum atomic E-state index is 4.43. The van der Waals surface area contributed by atoms with Gasteiger partial charge < -0.3 is 0 Å². The molecule has 0 aromatic rings. The van der Waals surface area contributed by atoms with Crippen LogP contribution in [0.5, 0.6) is 0 Å². The molecule has 0 heterocycles. The fraction of sp³-hybridized carbons (Fsp3) is 0.318. The van der Waals surface area contributed by atoms with Crippen LogP contribution in [0.25, 0.3) is 0 Å². The minimum absolute atomic E-state index is 0.443. The van der Waals surface area contributed by atoms with E-state index in [1.165, 1.54) is 18.2 Å². The number of rotatable bonds is 6. The average molecular weight is 342 g/mol. The SMILES string of the molecule is C=CC.C=CC(=C\N=C)/C(N=C)=N/C(=C/C=C(C)C)C(=C)C.CCC. The van der Waals surface area contributed by atoms with Crippen molar-refractivity contribution in [3.8, 4) is 0 Å². The van der Waals surface area contributed by atoms with Crippen LogP contribution in [0.4, 0.5) is 0 Å². The molecule has 0 aromatic heterocycles. The van der Waals surface area contributed by atoms with Crippen LogP contribution in [0.15, 0.2) is 87.6 Å². The topological polar surface area (TPSA) is 37.1 Å². The van der Waals surface area contributed by atoms with Gasteiger partial charge in [0.25, 0.3) is 0 Å². The summed E-state index contributed by atoms with van der Waals surface area (Å²) in [7, 11) is 0. The third-order valence-corrected chi connectivity index (χ3v) is 2.10. The van der Waals surface area contributed by atoms with Gasteiger partial charge in [-0.1, -0.05) is 57.2 Å². The van der Waals surface area contributed by atoms with Crippen LogP contribution in [0.3, 0.4) is 0 Å². The van der Waals surface area contributed by atoms with E-state index in [0.29, 0.717) is 11.4 Å². The van der Waals surface area contributed by atoms with Crippen LogP contribution in [0.2, 0.25) is 0 Å². The van der Waals surface area contributed by atoms with Crippen molar-refractivity contribution < 1.29 is 0 Å². The van der Waals surface area contributed by atoms with E-state index in [0.717, 1.165) is 11.3 Å². The number of allylic oxidation sites excluding steroid dienone is 5. The maximum Gasteiger partial charge on any atom is 0.160 e. The van der Waals surface area contributed by atoms with E-state index in [1.807, 2.05) is 39.8 Å². The minimum atomic E-state index is 0.443. The molecule has 0 aromatic carbocycles. The second-order valence-electron chi connectivity index (χ2n) is 5.26. The number of hydrogen-bond donors (Lipinski definition) is 0. The molecule has 0 atom stereocenters. The Bertz CT molecular complexity index is 552. The van der Waals surface area contributed by atoms with Crippen LogP contribution in [0, 0.1) is 0 Å². The number of aliphatic imine (C=N–C) groups is 3. The van der Waals surface area contributed by atoms with Crippen LogP contribution in [-0.4, -0.2) is 19.3 Å². The molecule has 0 aliphatic rings. The van der Waals surface area contributed by atoms with Crippen LogP contribution >= 0.6 is 0 Å². The van der Waals surface area contributed by atoms with Gasteiger partial charge in [-0.25, -0.2) is 9.98 Å². The molecule has 0 radical (unpaired) electrons. The molecule has 0 amide bonds. The lowest BCUT2D eigenvalue weighted by Gasteiger charge is -2.04. The summed E-state index contributed by atoms with van der Waals surface area (Å²) in [4.78, 5) is 12.0. The van der Waals surface area contributed by atoms with Crippen molar-refractivity contribution in [3.63, 3.8) is 0 Å². The van der Waals surface area contributed by atoms with Gasteiger partial charge in [-0.2, -0.15) is 0 Å². The van der Waals surface area contributed by atoms with Crippen LogP contribution in [-0.2, 0) is 0 Å². The van der Waals surface area contributed by atoms with Gasteiger partial charge in [0.2, 0.25) is 0 Å². The van der Waals surface area contributed by atoms with Gasteiger partial charge in [-0.15, -0.1) is 6.58 Å². The molecule has 0 spiro atoms. The molecule has 0 saturated carbocycles. The fourth-order valence-electron chi connectivity index (χ4n) is 1.13. The molecule has 0 aliphatic carbocycles. The van der Waals surface area contributed by atoms with E-state index in [-0.39, 0.29) is 0 Å². The summed E-state index contributed by atoms with van der Waals surface area (Å²) < 4.78 is 0. The Morgan fingerprint density at radius 3 is 1.76 bits per heavy atom. The highest BCUT2D eigenvalue weighted by Crippen LogP contribution is 2.13. The number of nitrogens with zero attached hydrogens (tertiary/aromatic N) is 3. The summed E-state index contributed by atoms with van der Waals surface area (Å²) in [6, 6.07) is 0. The second-order valence-corrected chi connectivity index (χ2v) is 5.26. The van der Waals surface area contributed by atoms with Gasteiger partial charge in [-0.05, 0) is 52.8 Å². The Kier molecular flexibility index (Phi) is 21.3.